The standard InChI is InChI=1S/C23H20F3NO5/c1-32-20(30)15-11-13(7-10-18(15)29)22(12-5-8-14(28)9-6-12)16-3-2-4-17(23(24,25)26)19(16)27-21(22)31/h2-4,7,10-12,29H,5-6,8-9H2,1H3,(H,27,31). The molecular weight excluding hydrogens is 427 g/mol. The van der Waals surface area contributed by atoms with Crippen LogP contribution in [0, 0.1) is 5.92 Å². The minimum atomic E-state index is -4.69. The second-order valence-corrected chi connectivity index (χ2v) is 8.02. The van der Waals surface area contributed by atoms with Crippen molar-refractivity contribution in [3.63, 3.8) is 0 Å². The second-order valence-electron chi connectivity index (χ2n) is 8.02. The zero-order valence-electron chi connectivity index (χ0n) is 17.1. The number of phenolic OH excluding ortho intramolecular Hbond substituents is 1. The van der Waals surface area contributed by atoms with Gasteiger partial charge in [0.05, 0.1) is 18.4 Å². The van der Waals surface area contributed by atoms with E-state index in [0.29, 0.717) is 12.8 Å². The van der Waals surface area contributed by atoms with E-state index in [-0.39, 0.29) is 46.8 Å². The predicted octanol–water partition coefficient (Wildman–Crippen LogP) is 4.20. The van der Waals surface area contributed by atoms with Gasteiger partial charge in [0.2, 0.25) is 5.91 Å². The van der Waals surface area contributed by atoms with Crippen molar-refractivity contribution in [1.29, 1.82) is 0 Å². The molecule has 1 fully saturated rings. The average molecular weight is 447 g/mol. The maximum Gasteiger partial charge on any atom is 0.418 e. The van der Waals surface area contributed by atoms with Crippen LogP contribution in [0.5, 0.6) is 5.75 Å². The van der Waals surface area contributed by atoms with E-state index in [0.717, 1.165) is 13.2 Å². The van der Waals surface area contributed by atoms with Crippen LogP contribution in [0.4, 0.5) is 18.9 Å². The van der Waals surface area contributed by atoms with Gasteiger partial charge in [-0.3, -0.25) is 9.59 Å². The molecule has 1 saturated carbocycles. The highest BCUT2D eigenvalue weighted by atomic mass is 19.4. The first-order chi connectivity index (χ1) is 15.1. The fourth-order valence-corrected chi connectivity index (χ4v) is 4.94. The number of anilines is 1. The Kier molecular flexibility index (Phi) is 5.22. The van der Waals surface area contributed by atoms with Crippen LogP contribution in [0.2, 0.25) is 0 Å². The van der Waals surface area contributed by atoms with E-state index in [9.17, 15) is 32.7 Å². The number of para-hydroxylation sites is 1. The minimum Gasteiger partial charge on any atom is -0.507 e. The molecule has 2 aromatic carbocycles. The monoisotopic (exact) mass is 447 g/mol. The van der Waals surface area contributed by atoms with Crippen molar-refractivity contribution in [2.45, 2.75) is 37.3 Å². The Morgan fingerprint density at radius 2 is 1.84 bits per heavy atom. The Labute approximate surface area is 181 Å². The maximum absolute atomic E-state index is 13.7. The van der Waals surface area contributed by atoms with E-state index in [1.165, 1.54) is 30.3 Å². The number of rotatable bonds is 3. The number of alkyl halides is 3. The van der Waals surface area contributed by atoms with Crippen LogP contribution in [0.3, 0.4) is 0 Å². The Morgan fingerprint density at radius 1 is 1.16 bits per heavy atom. The third-order valence-corrected chi connectivity index (χ3v) is 6.40. The van der Waals surface area contributed by atoms with Crippen molar-refractivity contribution < 1.29 is 37.4 Å². The third-order valence-electron chi connectivity index (χ3n) is 6.40. The summed E-state index contributed by atoms with van der Waals surface area (Å²) in [7, 11) is 1.13. The van der Waals surface area contributed by atoms with Gasteiger partial charge in [-0.2, -0.15) is 13.2 Å². The molecule has 168 valence electrons. The molecule has 32 heavy (non-hydrogen) atoms. The Morgan fingerprint density at radius 3 is 2.47 bits per heavy atom. The quantitative estimate of drug-likeness (QED) is 0.689. The van der Waals surface area contributed by atoms with Gasteiger partial charge >= 0.3 is 12.1 Å². The maximum atomic E-state index is 13.7. The molecule has 6 nitrogen and oxygen atoms in total. The van der Waals surface area contributed by atoms with Crippen LogP contribution in [0.15, 0.2) is 36.4 Å². The molecule has 1 aliphatic carbocycles. The third kappa shape index (κ3) is 3.23. The number of phenols is 1. The van der Waals surface area contributed by atoms with Crippen molar-refractivity contribution in [1.82, 2.24) is 0 Å². The fourth-order valence-electron chi connectivity index (χ4n) is 4.94. The van der Waals surface area contributed by atoms with Crippen molar-refractivity contribution in [2.24, 2.45) is 5.92 Å². The van der Waals surface area contributed by atoms with Crippen molar-refractivity contribution in [3.05, 3.63) is 58.7 Å². The van der Waals surface area contributed by atoms with E-state index in [1.54, 1.807) is 0 Å². The highest BCUT2D eigenvalue weighted by Crippen LogP contribution is 2.54. The van der Waals surface area contributed by atoms with E-state index in [2.05, 4.69) is 5.32 Å². The van der Waals surface area contributed by atoms with Gasteiger partial charge in [-0.15, -0.1) is 0 Å². The predicted molar refractivity (Wildman–Crippen MR) is 107 cm³/mol. The van der Waals surface area contributed by atoms with Crippen LogP contribution in [-0.4, -0.2) is 29.9 Å². The summed E-state index contributed by atoms with van der Waals surface area (Å²) in [5.41, 5.74) is -2.67. The summed E-state index contributed by atoms with van der Waals surface area (Å²) in [6.45, 7) is 0. The van der Waals surface area contributed by atoms with Crippen LogP contribution in [0.25, 0.3) is 0 Å². The summed E-state index contributed by atoms with van der Waals surface area (Å²) in [6.07, 6.45) is -3.68. The number of benzene rings is 2. The second kappa shape index (κ2) is 7.65. The molecule has 1 atom stereocenters. The molecule has 2 N–H and O–H groups in total. The summed E-state index contributed by atoms with van der Waals surface area (Å²) in [6, 6.07) is 7.53. The molecule has 1 unspecified atom stereocenters. The van der Waals surface area contributed by atoms with Crippen LogP contribution in [-0.2, 0) is 25.9 Å². The van der Waals surface area contributed by atoms with Crippen LogP contribution < -0.4 is 5.32 Å². The average Bonchev–Trinajstić information content (AvgIpc) is 3.06. The highest BCUT2D eigenvalue weighted by Gasteiger charge is 2.56. The molecular formula is C23H20F3NO5. The van der Waals surface area contributed by atoms with Gasteiger partial charge in [0.15, 0.2) is 0 Å². The number of nitrogens with one attached hydrogen (secondary N) is 1. The first-order valence-corrected chi connectivity index (χ1v) is 10.1. The number of fused-ring (bicyclic) bond motifs is 1. The molecule has 0 radical (unpaired) electrons. The molecule has 0 aromatic heterocycles. The molecule has 4 rings (SSSR count). The van der Waals surface area contributed by atoms with E-state index >= 15 is 0 Å². The van der Waals surface area contributed by atoms with Gasteiger partial charge in [0.1, 0.15) is 22.5 Å². The lowest BCUT2D eigenvalue weighted by Gasteiger charge is -2.38. The number of carbonyl (C=O) groups excluding carboxylic acids is 3. The van der Waals surface area contributed by atoms with E-state index in [4.69, 9.17) is 4.74 Å². The molecule has 9 heteroatoms. The lowest BCUT2D eigenvalue weighted by atomic mass is 9.61. The highest BCUT2D eigenvalue weighted by molar-refractivity contribution is 6.10. The minimum absolute atomic E-state index is 0.0278. The SMILES string of the molecule is COC(=O)c1cc(C2(C3CCC(=O)CC3)C(=O)Nc3c(C(F)(F)F)cccc32)ccc1O. The number of hydrogen-bond acceptors (Lipinski definition) is 5. The largest absolute Gasteiger partial charge is 0.507 e. The lowest BCUT2D eigenvalue weighted by molar-refractivity contribution is -0.137. The molecule has 2 aliphatic rings. The number of ether oxygens (including phenoxy) is 1. The number of ketones is 1. The summed E-state index contributed by atoms with van der Waals surface area (Å²) in [5.74, 6) is -2.34. The van der Waals surface area contributed by atoms with Crippen molar-refractivity contribution >= 4 is 23.3 Å². The first kappa shape index (κ1) is 21.9. The topological polar surface area (TPSA) is 92.7 Å². The fraction of sp³-hybridized carbons (Fsp3) is 0.348. The first-order valence-electron chi connectivity index (χ1n) is 10.1. The summed E-state index contributed by atoms with van der Waals surface area (Å²) in [4.78, 5) is 37.5. The molecule has 0 saturated heterocycles. The van der Waals surface area contributed by atoms with Crippen LogP contribution >= 0.6 is 0 Å². The molecule has 1 heterocycles. The Hall–Kier alpha value is -3.36. The van der Waals surface area contributed by atoms with E-state index < -0.39 is 34.9 Å². The van der Waals surface area contributed by atoms with Gasteiger partial charge in [0.25, 0.3) is 0 Å². The Bertz CT molecular complexity index is 1120. The molecule has 1 aliphatic heterocycles. The van der Waals surface area contributed by atoms with Gasteiger partial charge in [-0.05, 0) is 48.1 Å². The number of methoxy groups -OCH3 is 1. The van der Waals surface area contributed by atoms with E-state index in [1.807, 2.05) is 0 Å². The molecule has 0 bridgehead atoms. The number of aromatic hydroxyl groups is 1. The number of carbonyl (C=O) groups is 3. The summed E-state index contributed by atoms with van der Waals surface area (Å²) in [5, 5.41) is 12.6. The van der Waals surface area contributed by atoms with Gasteiger partial charge in [-0.1, -0.05) is 18.2 Å². The van der Waals surface area contributed by atoms with Crippen molar-refractivity contribution in [2.75, 3.05) is 12.4 Å². The number of esters is 1. The zero-order chi connectivity index (χ0) is 23.3. The Balaban J connectivity index is 2.00. The van der Waals surface area contributed by atoms with Gasteiger partial charge in [0, 0.05) is 12.8 Å². The molecule has 1 amide bonds. The molecule has 0 spiro atoms. The summed E-state index contributed by atoms with van der Waals surface area (Å²) >= 11 is 0. The lowest BCUT2D eigenvalue weighted by Crippen LogP contribution is -2.44. The number of Topliss-reactive ketones (excluding diaryl/α,β-unsaturated/α-hetero) is 1. The smallest absolute Gasteiger partial charge is 0.418 e. The zero-order valence-corrected chi connectivity index (χ0v) is 17.1. The molecule has 2 aromatic rings. The normalized spacial score (nSPS) is 21.2. The number of halogens is 3. The van der Waals surface area contributed by atoms with Crippen molar-refractivity contribution in [3.8, 4) is 5.75 Å². The van der Waals surface area contributed by atoms with Gasteiger partial charge in [-0.25, -0.2) is 4.79 Å². The van der Waals surface area contributed by atoms with Crippen LogP contribution in [0.1, 0.15) is 52.7 Å². The number of hydrogen-bond donors (Lipinski definition) is 2. The van der Waals surface area contributed by atoms with Gasteiger partial charge < -0.3 is 15.2 Å². The summed E-state index contributed by atoms with van der Waals surface area (Å²) < 4.78 is 45.8. The number of amides is 1.